The molecule has 3 nitrogen and oxygen atoms in total. The number of benzene rings is 1. The van der Waals surface area contributed by atoms with E-state index in [4.69, 9.17) is 4.74 Å². The van der Waals surface area contributed by atoms with Crippen molar-refractivity contribution in [2.45, 2.75) is 6.92 Å². The standard InChI is InChI=1S/C10H12FNO2/c1-6-4-8(11)9(14-3)5-7(6)10(13)12-2/h4-5H,1-3H3,(H,12,13). The molecular weight excluding hydrogens is 185 g/mol. The predicted octanol–water partition coefficient (Wildman–Crippen LogP) is 1.50. The van der Waals surface area contributed by atoms with E-state index in [1.165, 1.54) is 26.3 Å². The van der Waals surface area contributed by atoms with Crippen LogP contribution in [-0.4, -0.2) is 20.1 Å². The quantitative estimate of drug-likeness (QED) is 0.780. The van der Waals surface area contributed by atoms with Gasteiger partial charge < -0.3 is 10.1 Å². The highest BCUT2D eigenvalue weighted by Crippen LogP contribution is 2.21. The molecule has 0 unspecified atom stereocenters. The largest absolute Gasteiger partial charge is 0.494 e. The highest BCUT2D eigenvalue weighted by molar-refractivity contribution is 5.95. The van der Waals surface area contributed by atoms with E-state index in [9.17, 15) is 9.18 Å². The first-order valence-corrected chi connectivity index (χ1v) is 4.16. The van der Waals surface area contributed by atoms with Crippen molar-refractivity contribution in [1.82, 2.24) is 5.32 Å². The van der Waals surface area contributed by atoms with E-state index in [-0.39, 0.29) is 11.7 Å². The summed E-state index contributed by atoms with van der Waals surface area (Å²) in [5.41, 5.74) is 1.01. The number of nitrogens with one attached hydrogen (secondary N) is 1. The lowest BCUT2D eigenvalue weighted by atomic mass is 10.1. The Hall–Kier alpha value is -1.58. The minimum absolute atomic E-state index is 0.0780. The maximum absolute atomic E-state index is 13.1. The Morgan fingerprint density at radius 2 is 2.14 bits per heavy atom. The van der Waals surface area contributed by atoms with E-state index in [0.717, 1.165) is 0 Å². The van der Waals surface area contributed by atoms with E-state index < -0.39 is 5.82 Å². The fourth-order valence-corrected chi connectivity index (χ4v) is 1.19. The van der Waals surface area contributed by atoms with Crippen LogP contribution in [0.3, 0.4) is 0 Å². The van der Waals surface area contributed by atoms with Crippen molar-refractivity contribution < 1.29 is 13.9 Å². The lowest BCUT2D eigenvalue weighted by Gasteiger charge is -2.07. The Kier molecular flexibility index (Phi) is 3.06. The van der Waals surface area contributed by atoms with Gasteiger partial charge in [0.2, 0.25) is 0 Å². The summed E-state index contributed by atoms with van der Waals surface area (Å²) >= 11 is 0. The highest BCUT2D eigenvalue weighted by atomic mass is 19.1. The number of rotatable bonds is 2. The third-order valence-corrected chi connectivity index (χ3v) is 1.97. The average molecular weight is 197 g/mol. The fraction of sp³-hybridized carbons (Fsp3) is 0.300. The number of hydrogen-bond donors (Lipinski definition) is 1. The molecular formula is C10H12FNO2. The molecule has 0 atom stereocenters. The first-order valence-electron chi connectivity index (χ1n) is 4.16. The second kappa shape index (κ2) is 4.09. The lowest BCUT2D eigenvalue weighted by Crippen LogP contribution is -2.19. The van der Waals surface area contributed by atoms with Crippen LogP contribution < -0.4 is 10.1 Å². The molecule has 0 spiro atoms. The summed E-state index contributed by atoms with van der Waals surface area (Å²) in [5, 5.41) is 2.48. The van der Waals surface area contributed by atoms with E-state index >= 15 is 0 Å². The molecule has 0 radical (unpaired) electrons. The van der Waals surface area contributed by atoms with Crippen molar-refractivity contribution in [2.75, 3.05) is 14.2 Å². The Bertz CT molecular complexity index is 363. The molecule has 0 aliphatic carbocycles. The van der Waals surface area contributed by atoms with Crippen LogP contribution in [0.5, 0.6) is 5.75 Å². The normalized spacial score (nSPS) is 9.71. The second-order valence-corrected chi connectivity index (χ2v) is 2.88. The fourth-order valence-electron chi connectivity index (χ4n) is 1.19. The molecule has 0 bridgehead atoms. The molecule has 1 aromatic carbocycles. The second-order valence-electron chi connectivity index (χ2n) is 2.88. The molecule has 1 amide bonds. The van der Waals surface area contributed by atoms with Gasteiger partial charge in [-0.25, -0.2) is 4.39 Å². The van der Waals surface area contributed by atoms with Gasteiger partial charge in [-0.3, -0.25) is 4.79 Å². The van der Waals surface area contributed by atoms with Crippen molar-refractivity contribution in [2.24, 2.45) is 0 Å². The SMILES string of the molecule is CNC(=O)c1cc(OC)c(F)cc1C. The molecule has 0 heterocycles. The van der Waals surface area contributed by atoms with Crippen molar-refractivity contribution in [3.8, 4) is 5.75 Å². The van der Waals surface area contributed by atoms with Gasteiger partial charge in [0.1, 0.15) is 0 Å². The monoisotopic (exact) mass is 197 g/mol. The van der Waals surface area contributed by atoms with Crippen molar-refractivity contribution in [1.29, 1.82) is 0 Å². The Labute approximate surface area is 81.9 Å². The van der Waals surface area contributed by atoms with Gasteiger partial charge in [0, 0.05) is 12.6 Å². The van der Waals surface area contributed by atoms with Gasteiger partial charge in [0.15, 0.2) is 11.6 Å². The van der Waals surface area contributed by atoms with Gasteiger partial charge in [-0.05, 0) is 24.6 Å². The number of amides is 1. The molecule has 1 aromatic rings. The molecule has 0 saturated carbocycles. The Morgan fingerprint density at radius 3 is 2.64 bits per heavy atom. The summed E-state index contributed by atoms with van der Waals surface area (Å²) in [6.45, 7) is 1.67. The summed E-state index contributed by atoms with van der Waals surface area (Å²) in [7, 11) is 2.89. The molecule has 0 fully saturated rings. The van der Waals surface area contributed by atoms with Gasteiger partial charge >= 0.3 is 0 Å². The summed E-state index contributed by atoms with van der Waals surface area (Å²) < 4.78 is 17.9. The van der Waals surface area contributed by atoms with Gasteiger partial charge in [0.05, 0.1) is 7.11 Å². The summed E-state index contributed by atoms with van der Waals surface area (Å²) in [5.74, 6) is -0.632. The zero-order valence-corrected chi connectivity index (χ0v) is 8.35. The number of ether oxygens (including phenoxy) is 1. The van der Waals surface area contributed by atoms with Crippen LogP contribution in [-0.2, 0) is 0 Å². The minimum atomic E-state index is -0.461. The van der Waals surface area contributed by atoms with Crippen LogP contribution in [0, 0.1) is 12.7 Å². The van der Waals surface area contributed by atoms with Gasteiger partial charge in [-0.1, -0.05) is 0 Å². The van der Waals surface area contributed by atoms with E-state index in [0.29, 0.717) is 11.1 Å². The van der Waals surface area contributed by atoms with Crippen molar-refractivity contribution in [3.63, 3.8) is 0 Å². The van der Waals surface area contributed by atoms with E-state index in [1.54, 1.807) is 6.92 Å². The van der Waals surface area contributed by atoms with Crippen LogP contribution in [0.15, 0.2) is 12.1 Å². The molecule has 0 aliphatic heterocycles. The third-order valence-electron chi connectivity index (χ3n) is 1.97. The number of carbonyl (C=O) groups is 1. The summed E-state index contributed by atoms with van der Waals surface area (Å²) in [4.78, 5) is 11.3. The minimum Gasteiger partial charge on any atom is -0.494 e. The van der Waals surface area contributed by atoms with E-state index in [2.05, 4.69) is 5.32 Å². The third kappa shape index (κ3) is 1.84. The Balaban J connectivity index is 3.24. The zero-order valence-electron chi connectivity index (χ0n) is 8.35. The van der Waals surface area contributed by atoms with Crippen molar-refractivity contribution >= 4 is 5.91 Å². The molecule has 0 aromatic heterocycles. The number of hydrogen-bond acceptors (Lipinski definition) is 2. The molecule has 4 heteroatoms. The number of aryl methyl sites for hydroxylation is 1. The van der Waals surface area contributed by atoms with Crippen LogP contribution in [0.25, 0.3) is 0 Å². The van der Waals surface area contributed by atoms with Gasteiger partial charge in [-0.15, -0.1) is 0 Å². The molecule has 76 valence electrons. The topological polar surface area (TPSA) is 38.3 Å². The number of carbonyl (C=O) groups excluding carboxylic acids is 1. The number of methoxy groups -OCH3 is 1. The predicted molar refractivity (Wildman–Crippen MR) is 51.1 cm³/mol. The summed E-state index contributed by atoms with van der Waals surface area (Å²) in [6.07, 6.45) is 0. The zero-order chi connectivity index (χ0) is 10.7. The van der Waals surface area contributed by atoms with Crippen molar-refractivity contribution in [3.05, 3.63) is 29.1 Å². The van der Waals surface area contributed by atoms with Gasteiger partial charge in [-0.2, -0.15) is 0 Å². The smallest absolute Gasteiger partial charge is 0.251 e. The first kappa shape index (κ1) is 10.5. The maximum Gasteiger partial charge on any atom is 0.251 e. The van der Waals surface area contributed by atoms with E-state index in [1.807, 2.05) is 0 Å². The average Bonchev–Trinajstić information content (AvgIpc) is 2.17. The van der Waals surface area contributed by atoms with Crippen LogP contribution in [0.2, 0.25) is 0 Å². The molecule has 0 saturated heterocycles. The molecule has 14 heavy (non-hydrogen) atoms. The molecule has 0 aliphatic rings. The maximum atomic E-state index is 13.1. The number of halogens is 1. The van der Waals surface area contributed by atoms with Gasteiger partial charge in [0.25, 0.3) is 5.91 Å². The Morgan fingerprint density at radius 1 is 1.50 bits per heavy atom. The molecule has 1 rings (SSSR count). The lowest BCUT2D eigenvalue weighted by molar-refractivity contribution is 0.0962. The summed E-state index contributed by atoms with van der Waals surface area (Å²) in [6, 6.07) is 2.67. The highest BCUT2D eigenvalue weighted by Gasteiger charge is 2.12. The van der Waals surface area contributed by atoms with Crippen LogP contribution in [0.1, 0.15) is 15.9 Å². The van der Waals surface area contributed by atoms with Crippen LogP contribution >= 0.6 is 0 Å². The van der Waals surface area contributed by atoms with Crippen LogP contribution in [0.4, 0.5) is 4.39 Å². The first-order chi connectivity index (χ1) is 6.60. The molecule has 1 N–H and O–H groups in total.